The van der Waals surface area contributed by atoms with Crippen molar-refractivity contribution in [1.82, 2.24) is 19.9 Å². The highest BCUT2D eigenvalue weighted by Crippen LogP contribution is 2.16. The summed E-state index contributed by atoms with van der Waals surface area (Å²) in [5, 5.41) is 1.98. The Morgan fingerprint density at radius 3 is 2.80 bits per heavy atom. The summed E-state index contributed by atoms with van der Waals surface area (Å²) in [6.07, 6.45) is -0.0280. The lowest BCUT2D eigenvalue weighted by atomic mass is 10.4. The lowest BCUT2D eigenvalue weighted by molar-refractivity contribution is 0.222. The number of rotatable bonds is 6. The van der Waals surface area contributed by atoms with Gasteiger partial charge in [0, 0.05) is 12.4 Å². The Morgan fingerprint density at radius 2 is 2.20 bits per heavy atom. The van der Waals surface area contributed by atoms with Crippen molar-refractivity contribution in [3.8, 4) is 6.01 Å². The first-order valence-electron chi connectivity index (χ1n) is 6.06. The standard InChI is InChI=1S/C11H17N7OS/c1-7(2)19-11-15-9(17-12)14-10(16-11)18(3)4-8-5-20-6-13-8/h5-7H,4,12H2,1-3H3,(H,14,15,16,17). The average molecular weight is 295 g/mol. The second-order valence-electron chi connectivity index (χ2n) is 4.39. The molecule has 0 aliphatic carbocycles. The van der Waals surface area contributed by atoms with Crippen LogP contribution < -0.4 is 20.9 Å². The number of hydrazine groups is 1. The molecule has 0 saturated carbocycles. The molecule has 0 fully saturated rings. The fourth-order valence-electron chi connectivity index (χ4n) is 1.47. The SMILES string of the molecule is CC(C)Oc1nc(NN)nc(N(C)Cc2cscn2)n1. The highest BCUT2D eigenvalue weighted by molar-refractivity contribution is 7.07. The minimum atomic E-state index is -0.0280. The number of nitrogens with one attached hydrogen (secondary N) is 1. The van der Waals surface area contributed by atoms with E-state index in [-0.39, 0.29) is 18.1 Å². The van der Waals surface area contributed by atoms with Crippen LogP contribution in [0, 0.1) is 0 Å². The second kappa shape index (κ2) is 6.44. The van der Waals surface area contributed by atoms with E-state index in [4.69, 9.17) is 10.6 Å². The summed E-state index contributed by atoms with van der Waals surface area (Å²) < 4.78 is 5.48. The van der Waals surface area contributed by atoms with Gasteiger partial charge in [-0.1, -0.05) is 0 Å². The molecule has 2 rings (SSSR count). The number of hydrogen-bond donors (Lipinski definition) is 2. The number of anilines is 2. The predicted molar refractivity (Wildman–Crippen MR) is 77.6 cm³/mol. The van der Waals surface area contributed by atoms with E-state index in [2.05, 4.69) is 25.4 Å². The normalized spacial score (nSPS) is 10.7. The minimum absolute atomic E-state index is 0.0280. The molecule has 108 valence electrons. The van der Waals surface area contributed by atoms with Gasteiger partial charge in [-0.3, -0.25) is 5.43 Å². The van der Waals surface area contributed by atoms with Crippen LogP contribution in [0.2, 0.25) is 0 Å². The highest BCUT2D eigenvalue weighted by Gasteiger charge is 2.12. The van der Waals surface area contributed by atoms with E-state index in [1.54, 1.807) is 16.8 Å². The molecule has 0 spiro atoms. The first kappa shape index (κ1) is 14.4. The zero-order valence-corrected chi connectivity index (χ0v) is 12.4. The van der Waals surface area contributed by atoms with Crippen molar-refractivity contribution >= 4 is 23.2 Å². The van der Waals surface area contributed by atoms with Crippen molar-refractivity contribution in [2.75, 3.05) is 17.4 Å². The predicted octanol–water partition coefficient (Wildman–Crippen LogP) is 1.04. The molecular formula is C11H17N7OS. The fraction of sp³-hybridized carbons (Fsp3) is 0.455. The molecule has 2 heterocycles. The molecule has 2 aromatic heterocycles. The molecule has 0 saturated heterocycles. The molecule has 8 nitrogen and oxygen atoms in total. The number of nitrogen functional groups attached to an aromatic ring is 1. The van der Waals surface area contributed by atoms with Crippen LogP contribution in [-0.4, -0.2) is 33.1 Å². The molecule has 20 heavy (non-hydrogen) atoms. The van der Waals surface area contributed by atoms with Crippen LogP contribution in [0.4, 0.5) is 11.9 Å². The van der Waals surface area contributed by atoms with E-state index in [0.717, 1.165) is 5.69 Å². The van der Waals surface area contributed by atoms with Crippen LogP contribution in [0.5, 0.6) is 6.01 Å². The molecule has 0 unspecified atom stereocenters. The van der Waals surface area contributed by atoms with E-state index in [1.807, 2.05) is 31.2 Å². The van der Waals surface area contributed by atoms with Gasteiger partial charge in [0.05, 0.1) is 23.9 Å². The van der Waals surface area contributed by atoms with Gasteiger partial charge in [0.2, 0.25) is 11.9 Å². The molecule has 2 aromatic rings. The zero-order chi connectivity index (χ0) is 14.5. The summed E-state index contributed by atoms with van der Waals surface area (Å²) in [5.41, 5.74) is 5.15. The van der Waals surface area contributed by atoms with Gasteiger partial charge >= 0.3 is 6.01 Å². The molecule has 9 heteroatoms. The van der Waals surface area contributed by atoms with Gasteiger partial charge in [0.25, 0.3) is 0 Å². The number of aromatic nitrogens is 4. The molecule has 0 radical (unpaired) electrons. The average Bonchev–Trinajstić information content (AvgIpc) is 2.90. The Morgan fingerprint density at radius 1 is 1.40 bits per heavy atom. The van der Waals surface area contributed by atoms with Crippen LogP contribution in [-0.2, 0) is 6.54 Å². The molecule has 0 bridgehead atoms. The van der Waals surface area contributed by atoms with Gasteiger partial charge < -0.3 is 9.64 Å². The van der Waals surface area contributed by atoms with E-state index >= 15 is 0 Å². The van der Waals surface area contributed by atoms with Crippen molar-refractivity contribution in [3.63, 3.8) is 0 Å². The maximum atomic E-state index is 5.48. The summed E-state index contributed by atoms with van der Waals surface area (Å²) in [7, 11) is 1.87. The third-order valence-electron chi connectivity index (χ3n) is 2.30. The maximum absolute atomic E-state index is 5.48. The van der Waals surface area contributed by atoms with Gasteiger partial charge in [-0.2, -0.15) is 15.0 Å². The van der Waals surface area contributed by atoms with Crippen molar-refractivity contribution < 1.29 is 4.74 Å². The Balaban J connectivity index is 2.20. The molecule has 0 atom stereocenters. The number of hydrogen-bond acceptors (Lipinski definition) is 9. The van der Waals surface area contributed by atoms with Crippen LogP contribution in [0.25, 0.3) is 0 Å². The van der Waals surface area contributed by atoms with E-state index in [9.17, 15) is 0 Å². The fourth-order valence-corrected chi connectivity index (χ4v) is 2.02. The summed E-state index contributed by atoms with van der Waals surface area (Å²) >= 11 is 1.55. The van der Waals surface area contributed by atoms with Crippen LogP contribution in [0.3, 0.4) is 0 Å². The second-order valence-corrected chi connectivity index (χ2v) is 5.11. The lowest BCUT2D eigenvalue weighted by Gasteiger charge is -2.17. The van der Waals surface area contributed by atoms with Gasteiger partial charge in [0.15, 0.2) is 0 Å². The Kier molecular flexibility index (Phi) is 4.64. The third-order valence-corrected chi connectivity index (χ3v) is 2.93. The van der Waals surface area contributed by atoms with Gasteiger partial charge in [0.1, 0.15) is 0 Å². The molecule has 0 aliphatic rings. The van der Waals surface area contributed by atoms with Gasteiger partial charge in [-0.25, -0.2) is 10.8 Å². The first-order valence-corrected chi connectivity index (χ1v) is 7.00. The summed E-state index contributed by atoms with van der Waals surface area (Å²) in [4.78, 5) is 18.6. The Labute approximate surface area is 121 Å². The summed E-state index contributed by atoms with van der Waals surface area (Å²) in [6, 6.07) is 0.239. The number of ether oxygens (including phenoxy) is 1. The monoisotopic (exact) mass is 295 g/mol. The molecular weight excluding hydrogens is 278 g/mol. The zero-order valence-electron chi connectivity index (χ0n) is 11.6. The minimum Gasteiger partial charge on any atom is -0.461 e. The highest BCUT2D eigenvalue weighted by atomic mass is 32.1. The quantitative estimate of drug-likeness (QED) is 0.602. The van der Waals surface area contributed by atoms with Crippen LogP contribution in [0.1, 0.15) is 19.5 Å². The van der Waals surface area contributed by atoms with E-state index < -0.39 is 0 Å². The van der Waals surface area contributed by atoms with Crippen LogP contribution in [0.15, 0.2) is 10.9 Å². The molecule has 3 N–H and O–H groups in total. The van der Waals surface area contributed by atoms with E-state index in [0.29, 0.717) is 12.5 Å². The number of nitrogens with zero attached hydrogens (tertiary/aromatic N) is 5. The number of thiazole rings is 1. The van der Waals surface area contributed by atoms with Crippen LogP contribution >= 0.6 is 11.3 Å². The Bertz CT molecular complexity index is 546. The van der Waals surface area contributed by atoms with E-state index in [1.165, 1.54) is 0 Å². The summed E-state index contributed by atoms with van der Waals surface area (Å²) in [6.45, 7) is 4.40. The van der Waals surface area contributed by atoms with Crippen molar-refractivity contribution in [2.45, 2.75) is 26.5 Å². The summed E-state index contributed by atoms with van der Waals surface area (Å²) in [5.74, 6) is 6.10. The third kappa shape index (κ3) is 3.75. The topological polar surface area (TPSA) is 102 Å². The Hall–Kier alpha value is -2.00. The van der Waals surface area contributed by atoms with Crippen molar-refractivity contribution in [1.29, 1.82) is 0 Å². The van der Waals surface area contributed by atoms with Crippen molar-refractivity contribution in [2.24, 2.45) is 5.84 Å². The van der Waals surface area contributed by atoms with Gasteiger partial charge in [-0.15, -0.1) is 11.3 Å². The van der Waals surface area contributed by atoms with Crippen molar-refractivity contribution in [3.05, 3.63) is 16.6 Å². The molecule has 0 aliphatic heterocycles. The molecule has 0 aromatic carbocycles. The largest absolute Gasteiger partial charge is 0.461 e. The lowest BCUT2D eigenvalue weighted by Crippen LogP contribution is -2.22. The maximum Gasteiger partial charge on any atom is 0.323 e. The first-order chi connectivity index (χ1) is 9.58. The smallest absolute Gasteiger partial charge is 0.323 e. The molecule has 0 amide bonds. The number of nitrogens with two attached hydrogens (primary N) is 1. The van der Waals surface area contributed by atoms with Gasteiger partial charge in [-0.05, 0) is 13.8 Å².